The fraction of sp³-hybridized carbons (Fsp3) is 0.619. The maximum absolute atomic E-state index is 12.5. The Balaban J connectivity index is 1.84. The van der Waals surface area contributed by atoms with Crippen LogP contribution in [0.15, 0.2) is 24.3 Å². The maximum Gasteiger partial charge on any atom is 0.227 e. The molecule has 1 aromatic rings. The van der Waals surface area contributed by atoms with Crippen LogP contribution >= 0.6 is 0 Å². The van der Waals surface area contributed by atoms with E-state index in [2.05, 4.69) is 41.5 Å². The molecule has 26 heavy (non-hydrogen) atoms. The number of hydrogen-bond acceptors (Lipinski definition) is 3. The van der Waals surface area contributed by atoms with Crippen molar-refractivity contribution in [3.63, 3.8) is 0 Å². The van der Waals surface area contributed by atoms with Crippen LogP contribution in [0.4, 0.5) is 11.4 Å². The zero-order valence-electron chi connectivity index (χ0n) is 16.5. The molecular formula is C21H33N3O2. The van der Waals surface area contributed by atoms with E-state index in [1.165, 1.54) is 5.69 Å². The third-order valence-corrected chi connectivity index (χ3v) is 5.16. The minimum absolute atomic E-state index is 0.000517. The normalized spacial score (nSPS) is 19.9. The van der Waals surface area contributed by atoms with Crippen LogP contribution in [0.2, 0.25) is 0 Å². The zero-order valence-corrected chi connectivity index (χ0v) is 16.5. The number of hydrogen-bond donors (Lipinski definition) is 2. The highest BCUT2D eigenvalue weighted by Gasteiger charge is 2.30. The summed E-state index contributed by atoms with van der Waals surface area (Å²) < 4.78 is 0. The first-order valence-electron chi connectivity index (χ1n) is 9.90. The molecule has 1 aliphatic carbocycles. The van der Waals surface area contributed by atoms with E-state index in [0.29, 0.717) is 0 Å². The van der Waals surface area contributed by atoms with Gasteiger partial charge in [-0.05, 0) is 77.6 Å². The average Bonchev–Trinajstić information content (AvgIpc) is 2.63. The first-order chi connectivity index (χ1) is 12.4. The highest BCUT2D eigenvalue weighted by Crippen LogP contribution is 2.30. The maximum atomic E-state index is 12.5. The molecule has 0 atom stereocenters. The fourth-order valence-corrected chi connectivity index (χ4v) is 3.61. The molecule has 2 N–H and O–H groups in total. The molecule has 0 aliphatic heterocycles. The van der Waals surface area contributed by atoms with E-state index in [1.807, 2.05) is 26.0 Å². The van der Waals surface area contributed by atoms with Gasteiger partial charge in [0.05, 0.1) is 0 Å². The molecule has 1 fully saturated rings. The molecular weight excluding hydrogens is 326 g/mol. The molecule has 1 saturated carbocycles. The van der Waals surface area contributed by atoms with Crippen molar-refractivity contribution in [3.05, 3.63) is 24.3 Å². The van der Waals surface area contributed by atoms with E-state index in [9.17, 15) is 9.59 Å². The van der Waals surface area contributed by atoms with Crippen molar-refractivity contribution in [3.8, 4) is 0 Å². The van der Waals surface area contributed by atoms with Crippen molar-refractivity contribution >= 4 is 23.2 Å². The van der Waals surface area contributed by atoms with E-state index in [4.69, 9.17) is 0 Å². The molecule has 0 spiro atoms. The molecule has 5 heteroatoms. The van der Waals surface area contributed by atoms with Crippen LogP contribution in [0, 0.1) is 11.8 Å². The minimum atomic E-state index is 0.000517. The molecule has 0 unspecified atom stereocenters. The molecule has 2 rings (SSSR count). The van der Waals surface area contributed by atoms with Crippen molar-refractivity contribution in [2.24, 2.45) is 11.8 Å². The highest BCUT2D eigenvalue weighted by atomic mass is 16.2. The number of nitrogens with zero attached hydrogens (tertiary/aromatic N) is 1. The molecule has 1 aliphatic rings. The summed E-state index contributed by atoms with van der Waals surface area (Å²) in [6, 6.07) is 8.20. The summed E-state index contributed by atoms with van der Waals surface area (Å²) in [7, 11) is 0. The number of benzene rings is 1. The lowest BCUT2D eigenvalue weighted by atomic mass is 9.81. The molecule has 0 aromatic heterocycles. The second-order valence-electron chi connectivity index (χ2n) is 7.42. The van der Waals surface area contributed by atoms with Gasteiger partial charge in [0, 0.05) is 42.3 Å². The molecule has 1 aromatic carbocycles. The summed E-state index contributed by atoms with van der Waals surface area (Å²) >= 11 is 0. The van der Waals surface area contributed by atoms with Crippen LogP contribution in [-0.4, -0.2) is 30.9 Å². The first kappa shape index (κ1) is 20.3. The van der Waals surface area contributed by atoms with Crippen molar-refractivity contribution in [1.82, 2.24) is 5.32 Å². The first-order valence-corrected chi connectivity index (χ1v) is 9.90. The Labute approximate surface area is 157 Å². The lowest BCUT2D eigenvalue weighted by Gasteiger charge is -2.27. The second-order valence-corrected chi connectivity index (χ2v) is 7.42. The molecule has 0 heterocycles. The van der Waals surface area contributed by atoms with Gasteiger partial charge in [0.1, 0.15) is 0 Å². The number of nitrogens with one attached hydrogen (secondary N) is 2. The van der Waals surface area contributed by atoms with Crippen molar-refractivity contribution < 1.29 is 9.59 Å². The minimum Gasteiger partial charge on any atom is -0.372 e. The van der Waals surface area contributed by atoms with Gasteiger partial charge in [-0.2, -0.15) is 0 Å². The Morgan fingerprint density at radius 3 is 1.92 bits per heavy atom. The average molecular weight is 360 g/mol. The Bertz CT molecular complexity index is 586. The van der Waals surface area contributed by atoms with Crippen LogP contribution < -0.4 is 15.5 Å². The quantitative estimate of drug-likeness (QED) is 0.778. The molecule has 5 nitrogen and oxygen atoms in total. The van der Waals surface area contributed by atoms with E-state index in [1.54, 1.807) is 0 Å². The number of anilines is 2. The summed E-state index contributed by atoms with van der Waals surface area (Å²) in [5, 5.41) is 6.01. The Hall–Kier alpha value is -2.04. The Morgan fingerprint density at radius 1 is 0.962 bits per heavy atom. The van der Waals surface area contributed by atoms with Gasteiger partial charge >= 0.3 is 0 Å². The number of rotatable bonds is 7. The van der Waals surface area contributed by atoms with E-state index in [0.717, 1.165) is 44.5 Å². The third kappa shape index (κ3) is 5.48. The van der Waals surface area contributed by atoms with E-state index >= 15 is 0 Å². The van der Waals surface area contributed by atoms with Crippen molar-refractivity contribution in [2.45, 2.75) is 59.4 Å². The zero-order chi connectivity index (χ0) is 19.1. The van der Waals surface area contributed by atoms with Gasteiger partial charge < -0.3 is 15.5 Å². The van der Waals surface area contributed by atoms with Crippen molar-refractivity contribution in [2.75, 3.05) is 23.3 Å². The molecule has 2 amide bonds. The highest BCUT2D eigenvalue weighted by molar-refractivity contribution is 5.93. The summed E-state index contributed by atoms with van der Waals surface area (Å²) in [6.45, 7) is 10.2. The van der Waals surface area contributed by atoms with Gasteiger partial charge in [0.15, 0.2) is 0 Å². The van der Waals surface area contributed by atoms with Gasteiger partial charge in [0.2, 0.25) is 11.8 Å². The predicted molar refractivity (Wildman–Crippen MR) is 107 cm³/mol. The molecule has 144 valence electrons. The van der Waals surface area contributed by atoms with E-state index in [-0.39, 0.29) is 29.7 Å². The largest absolute Gasteiger partial charge is 0.372 e. The summed E-state index contributed by atoms with van der Waals surface area (Å²) in [5.41, 5.74) is 2.01. The predicted octanol–water partition coefficient (Wildman–Crippen LogP) is 3.80. The van der Waals surface area contributed by atoms with Crippen LogP contribution in [0.3, 0.4) is 0 Å². The number of amides is 2. The van der Waals surface area contributed by atoms with Crippen LogP contribution in [-0.2, 0) is 9.59 Å². The summed E-state index contributed by atoms with van der Waals surface area (Å²) in [5.74, 6) is 0.254. The lowest BCUT2D eigenvalue weighted by Crippen LogP contribution is -2.38. The monoisotopic (exact) mass is 359 g/mol. The number of carbonyl (C=O) groups excluding carboxylic acids is 2. The summed E-state index contributed by atoms with van der Waals surface area (Å²) in [4.78, 5) is 26.9. The van der Waals surface area contributed by atoms with Crippen LogP contribution in [0.25, 0.3) is 0 Å². The standard InChI is InChI=1S/C21H33N3O2/c1-5-24(6-2)19-13-11-18(12-14-19)23-21(26)17-9-7-16(8-10-17)20(25)22-15(3)4/h11-17H,5-10H2,1-4H3,(H,22,25)(H,23,26). The van der Waals surface area contributed by atoms with E-state index < -0.39 is 0 Å². The Kier molecular flexibility index (Phi) is 7.49. The van der Waals surface area contributed by atoms with Crippen LogP contribution in [0.1, 0.15) is 53.4 Å². The van der Waals surface area contributed by atoms with Crippen LogP contribution in [0.5, 0.6) is 0 Å². The molecule has 0 bridgehead atoms. The Morgan fingerprint density at radius 2 is 1.46 bits per heavy atom. The molecule has 0 saturated heterocycles. The number of carbonyl (C=O) groups is 2. The van der Waals surface area contributed by atoms with Gasteiger partial charge in [-0.25, -0.2) is 0 Å². The van der Waals surface area contributed by atoms with Gasteiger partial charge in [0.25, 0.3) is 0 Å². The van der Waals surface area contributed by atoms with Gasteiger partial charge in [-0.3, -0.25) is 9.59 Å². The SMILES string of the molecule is CCN(CC)c1ccc(NC(=O)C2CCC(C(=O)NC(C)C)CC2)cc1. The van der Waals surface area contributed by atoms with Crippen molar-refractivity contribution in [1.29, 1.82) is 0 Å². The fourth-order valence-electron chi connectivity index (χ4n) is 3.61. The summed E-state index contributed by atoms with van der Waals surface area (Å²) in [6.07, 6.45) is 3.13. The lowest BCUT2D eigenvalue weighted by molar-refractivity contribution is -0.128. The van der Waals surface area contributed by atoms with Gasteiger partial charge in [-0.15, -0.1) is 0 Å². The molecule has 0 radical (unpaired) electrons. The second kappa shape index (κ2) is 9.60. The topological polar surface area (TPSA) is 61.4 Å². The van der Waals surface area contributed by atoms with Gasteiger partial charge in [-0.1, -0.05) is 0 Å². The third-order valence-electron chi connectivity index (χ3n) is 5.16. The smallest absolute Gasteiger partial charge is 0.227 e.